The first-order valence-corrected chi connectivity index (χ1v) is 6.74. The number of nitrogens with one attached hydrogen (secondary N) is 1. The SMILES string of the molecule is CN1CC2CC1C(NN1CC3COCC3C1)O2. The fourth-order valence-electron chi connectivity index (χ4n) is 3.82. The summed E-state index contributed by atoms with van der Waals surface area (Å²) in [7, 11) is 2.20. The number of rotatable bonds is 2. The third-order valence-electron chi connectivity index (χ3n) is 4.80. The summed E-state index contributed by atoms with van der Waals surface area (Å²) in [5.74, 6) is 1.47. The first kappa shape index (κ1) is 10.7. The Labute approximate surface area is 102 Å². The standard InChI is InChI=1S/C12H21N3O2/c1-14-5-10-2-11(14)12(17-10)13-15-3-8-6-16-7-9(8)4-15/h8-13H,2-7H2,1H3. The van der Waals surface area contributed by atoms with E-state index in [-0.39, 0.29) is 6.23 Å². The monoisotopic (exact) mass is 239 g/mol. The van der Waals surface area contributed by atoms with Gasteiger partial charge in [0.25, 0.3) is 0 Å². The molecule has 4 heterocycles. The van der Waals surface area contributed by atoms with Crippen molar-refractivity contribution in [1.82, 2.24) is 15.3 Å². The normalized spacial score (nSPS) is 50.3. The maximum atomic E-state index is 5.99. The lowest BCUT2D eigenvalue weighted by Crippen LogP contribution is -2.54. The topological polar surface area (TPSA) is 37.0 Å². The molecule has 5 unspecified atom stereocenters. The number of likely N-dealkylation sites (N-methyl/N-ethyl adjacent to an activating group) is 1. The van der Waals surface area contributed by atoms with Crippen LogP contribution in [0.1, 0.15) is 6.42 Å². The van der Waals surface area contributed by atoms with Crippen LogP contribution in [0.5, 0.6) is 0 Å². The number of likely N-dealkylation sites (tertiary alicyclic amines) is 1. The highest BCUT2D eigenvalue weighted by Gasteiger charge is 2.46. The zero-order valence-electron chi connectivity index (χ0n) is 10.3. The number of fused-ring (bicyclic) bond motifs is 3. The summed E-state index contributed by atoms with van der Waals surface area (Å²) in [6.07, 6.45) is 1.85. The van der Waals surface area contributed by atoms with Crippen molar-refractivity contribution in [3.8, 4) is 0 Å². The Morgan fingerprint density at radius 1 is 1.12 bits per heavy atom. The van der Waals surface area contributed by atoms with Gasteiger partial charge in [0, 0.05) is 31.5 Å². The van der Waals surface area contributed by atoms with Crippen molar-refractivity contribution in [3.05, 3.63) is 0 Å². The molecule has 5 heteroatoms. The second kappa shape index (κ2) is 3.90. The van der Waals surface area contributed by atoms with Crippen molar-refractivity contribution in [3.63, 3.8) is 0 Å². The molecule has 4 fully saturated rings. The van der Waals surface area contributed by atoms with Crippen molar-refractivity contribution in [2.45, 2.75) is 24.8 Å². The summed E-state index contributed by atoms with van der Waals surface area (Å²) in [6.45, 7) is 5.22. The predicted octanol–water partition coefficient (Wildman–Crippen LogP) is -0.502. The molecule has 0 radical (unpaired) electrons. The zero-order chi connectivity index (χ0) is 11.4. The molecule has 0 aromatic heterocycles. The number of hydrogen-bond acceptors (Lipinski definition) is 5. The van der Waals surface area contributed by atoms with Gasteiger partial charge in [-0.1, -0.05) is 0 Å². The van der Waals surface area contributed by atoms with E-state index in [9.17, 15) is 0 Å². The molecule has 96 valence electrons. The van der Waals surface area contributed by atoms with Crippen molar-refractivity contribution in [2.24, 2.45) is 11.8 Å². The Kier molecular flexibility index (Phi) is 2.45. The lowest BCUT2D eigenvalue weighted by molar-refractivity contribution is -0.0776. The first-order valence-electron chi connectivity index (χ1n) is 6.74. The highest BCUT2D eigenvalue weighted by atomic mass is 16.5. The van der Waals surface area contributed by atoms with E-state index in [4.69, 9.17) is 9.47 Å². The third-order valence-corrected chi connectivity index (χ3v) is 4.80. The number of hydrazine groups is 1. The van der Waals surface area contributed by atoms with Crippen LogP contribution in [0.25, 0.3) is 0 Å². The minimum absolute atomic E-state index is 0.207. The molecular formula is C12H21N3O2. The van der Waals surface area contributed by atoms with Crippen LogP contribution in [0.4, 0.5) is 0 Å². The van der Waals surface area contributed by atoms with Crippen LogP contribution in [0.15, 0.2) is 0 Å². The van der Waals surface area contributed by atoms with Gasteiger partial charge in [-0.2, -0.15) is 0 Å². The van der Waals surface area contributed by atoms with E-state index in [0.717, 1.165) is 44.7 Å². The Morgan fingerprint density at radius 2 is 1.88 bits per heavy atom. The van der Waals surface area contributed by atoms with Crippen LogP contribution in [0.2, 0.25) is 0 Å². The molecule has 4 saturated heterocycles. The van der Waals surface area contributed by atoms with Crippen molar-refractivity contribution >= 4 is 0 Å². The molecule has 4 rings (SSSR count). The lowest BCUT2D eigenvalue weighted by atomic mass is 10.0. The summed E-state index contributed by atoms with van der Waals surface area (Å²) in [5.41, 5.74) is 3.58. The van der Waals surface area contributed by atoms with E-state index in [1.54, 1.807) is 0 Å². The molecule has 0 aromatic rings. The van der Waals surface area contributed by atoms with Gasteiger partial charge >= 0.3 is 0 Å². The summed E-state index contributed by atoms with van der Waals surface area (Å²) < 4.78 is 11.5. The maximum absolute atomic E-state index is 5.99. The van der Waals surface area contributed by atoms with E-state index in [2.05, 4.69) is 22.4 Å². The van der Waals surface area contributed by atoms with Gasteiger partial charge in [0.05, 0.1) is 25.4 Å². The maximum Gasteiger partial charge on any atom is 0.136 e. The van der Waals surface area contributed by atoms with E-state index in [1.807, 2.05) is 0 Å². The predicted molar refractivity (Wildman–Crippen MR) is 62.2 cm³/mol. The van der Waals surface area contributed by atoms with Crippen LogP contribution in [-0.4, -0.2) is 68.2 Å². The molecule has 0 spiro atoms. The third kappa shape index (κ3) is 1.72. The molecule has 5 atom stereocenters. The van der Waals surface area contributed by atoms with Crippen LogP contribution >= 0.6 is 0 Å². The minimum Gasteiger partial charge on any atom is -0.381 e. The Bertz CT molecular complexity index is 302. The van der Waals surface area contributed by atoms with Gasteiger partial charge < -0.3 is 9.47 Å². The number of morpholine rings is 1. The highest BCUT2D eigenvalue weighted by molar-refractivity contribution is 4.96. The molecule has 0 aliphatic carbocycles. The van der Waals surface area contributed by atoms with Gasteiger partial charge in [-0.3, -0.25) is 4.90 Å². The Morgan fingerprint density at radius 3 is 2.53 bits per heavy atom. The Hall–Kier alpha value is -0.200. The zero-order valence-corrected chi connectivity index (χ0v) is 10.3. The quantitative estimate of drug-likeness (QED) is 0.703. The summed E-state index contributed by atoms with van der Waals surface area (Å²) in [6, 6.07) is 0.566. The molecule has 4 aliphatic rings. The number of nitrogens with zero attached hydrogens (tertiary/aromatic N) is 2. The fourth-order valence-corrected chi connectivity index (χ4v) is 3.82. The molecule has 1 N–H and O–H groups in total. The average molecular weight is 239 g/mol. The molecule has 17 heavy (non-hydrogen) atoms. The molecule has 0 amide bonds. The van der Waals surface area contributed by atoms with Crippen LogP contribution in [0, 0.1) is 11.8 Å². The summed E-state index contributed by atoms with van der Waals surface area (Å²) in [4.78, 5) is 2.42. The molecule has 0 saturated carbocycles. The van der Waals surface area contributed by atoms with Crippen molar-refractivity contribution < 1.29 is 9.47 Å². The summed E-state index contributed by atoms with van der Waals surface area (Å²) in [5, 5.41) is 2.36. The average Bonchev–Trinajstić information content (AvgIpc) is 2.95. The minimum atomic E-state index is 0.207. The second-order valence-corrected chi connectivity index (χ2v) is 6.01. The van der Waals surface area contributed by atoms with Crippen LogP contribution in [-0.2, 0) is 9.47 Å². The van der Waals surface area contributed by atoms with E-state index >= 15 is 0 Å². The molecule has 0 aromatic carbocycles. The number of hydrogen-bond donors (Lipinski definition) is 1. The van der Waals surface area contributed by atoms with Gasteiger partial charge in [-0.15, -0.1) is 0 Å². The van der Waals surface area contributed by atoms with Gasteiger partial charge in [-0.05, 0) is 13.5 Å². The fraction of sp³-hybridized carbons (Fsp3) is 1.00. The van der Waals surface area contributed by atoms with Crippen LogP contribution < -0.4 is 5.43 Å². The van der Waals surface area contributed by atoms with Crippen molar-refractivity contribution in [2.75, 3.05) is 39.9 Å². The lowest BCUT2D eigenvalue weighted by Gasteiger charge is -2.33. The number of ether oxygens (including phenoxy) is 2. The van der Waals surface area contributed by atoms with E-state index < -0.39 is 0 Å². The van der Waals surface area contributed by atoms with Gasteiger partial charge in [0.15, 0.2) is 0 Å². The summed E-state index contributed by atoms with van der Waals surface area (Å²) >= 11 is 0. The Balaban J connectivity index is 1.36. The van der Waals surface area contributed by atoms with Gasteiger partial charge in [0.1, 0.15) is 6.23 Å². The largest absolute Gasteiger partial charge is 0.381 e. The highest BCUT2D eigenvalue weighted by Crippen LogP contribution is 2.32. The second-order valence-electron chi connectivity index (χ2n) is 6.01. The van der Waals surface area contributed by atoms with Crippen molar-refractivity contribution in [1.29, 1.82) is 0 Å². The smallest absolute Gasteiger partial charge is 0.136 e. The first-order chi connectivity index (χ1) is 8.29. The van der Waals surface area contributed by atoms with Crippen LogP contribution in [0.3, 0.4) is 0 Å². The molecule has 5 nitrogen and oxygen atoms in total. The molecule has 2 bridgehead atoms. The van der Waals surface area contributed by atoms with Gasteiger partial charge in [-0.25, -0.2) is 10.4 Å². The molecule has 4 aliphatic heterocycles. The van der Waals surface area contributed by atoms with E-state index in [1.165, 1.54) is 6.42 Å². The molecular weight excluding hydrogens is 218 g/mol. The van der Waals surface area contributed by atoms with Gasteiger partial charge in [0.2, 0.25) is 0 Å². The van der Waals surface area contributed by atoms with E-state index in [0.29, 0.717) is 12.1 Å².